The number of carboxylic acids is 2. The fourth-order valence-electron chi connectivity index (χ4n) is 2.45. The van der Waals surface area contributed by atoms with Crippen molar-refractivity contribution in [3.63, 3.8) is 0 Å². The van der Waals surface area contributed by atoms with Crippen molar-refractivity contribution in [2.45, 2.75) is 51.4 Å². The Kier molecular flexibility index (Phi) is 9.19. The second-order valence-corrected chi connectivity index (χ2v) is 5.73. The van der Waals surface area contributed by atoms with Crippen LogP contribution in [0.4, 0.5) is 0 Å². The van der Waals surface area contributed by atoms with Gasteiger partial charge in [-0.2, -0.15) is 0 Å². The van der Waals surface area contributed by atoms with E-state index in [2.05, 4.69) is 5.32 Å². The zero-order valence-electron chi connectivity index (χ0n) is 13.8. The van der Waals surface area contributed by atoms with Gasteiger partial charge in [-0.1, -0.05) is 44.2 Å². The maximum atomic E-state index is 12.0. The smallest absolute Gasteiger partial charge is 0.336 e. The molecule has 0 bridgehead atoms. The zero-order chi connectivity index (χ0) is 17.8. The first-order chi connectivity index (χ1) is 11.5. The van der Waals surface area contributed by atoms with Crippen molar-refractivity contribution >= 4 is 17.8 Å². The van der Waals surface area contributed by atoms with Crippen molar-refractivity contribution in [2.75, 3.05) is 6.54 Å². The summed E-state index contributed by atoms with van der Waals surface area (Å²) in [4.78, 5) is 33.4. The molecule has 3 N–H and O–H groups in total. The van der Waals surface area contributed by atoms with E-state index in [1.54, 1.807) is 12.1 Å². The molecule has 132 valence electrons. The van der Waals surface area contributed by atoms with Crippen LogP contribution in [0.15, 0.2) is 24.3 Å². The lowest BCUT2D eigenvalue weighted by atomic mass is 10.1. The van der Waals surface area contributed by atoms with Gasteiger partial charge in [-0.15, -0.1) is 0 Å². The zero-order valence-corrected chi connectivity index (χ0v) is 13.8. The molecule has 0 saturated carbocycles. The highest BCUT2D eigenvalue weighted by Gasteiger charge is 2.14. The highest BCUT2D eigenvalue weighted by molar-refractivity contribution is 6.04. The van der Waals surface area contributed by atoms with Crippen LogP contribution in [0.2, 0.25) is 0 Å². The van der Waals surface area contributed by atoms with E-state index in [4.69, 9.17) is 10.2 Å². The Balaban J connectivity index is 2.12. The van der Waals surface area contributed by atoms with Crippen molar-refractivity contribution in [1.82, 2.24) is 5.32 Å². The Morgan fingerprint density at radius 1 is 0.792 bits per heavy atom. The molecule has 1 amide bonds. The van der Waals surface area contributed by atoms with E-state index in [9.17, 15) is 14.4 Å². The number of aliphatic carboxylic acids is 1. The molecule has 0 atom stereocenters. The van der Waals surface area contributed by atoms with Gasteiger partial charge < -0.3 is 15.5 Å². The summed E-state index contributed by atoms with van der Waals surface area (Å²) >= 11 is 0. The number of amides is 1. The monoisotopic (exact) mass is 335 g/mol. The molecule has 0 fully saturated rings. The van der Waals surface area contributed by atoms with Gasteiger partial charge >= 0.3 is 11.9 Å². The maximum Gasteiger partial charge on any atom is 0.336 e. The average molecular weight is 335 g/mol. The Hall–Kier alpha value is -2.37. The number of nitrogens with one attached hydrogen (secondary N) is 1. The van der Waals surface area contributed by atoms with Gasteiger partial charge in [-0.05, 0) is 25.0 Å². The molecule has 0 aliphatic carbocycles. The van der Waals surface area contributed by atoms with E-state index in [0.29, 0.717) is 6.54 Å². The second-order valence-electron chi connectivity index (χ2n) is 5.73. The predicted molar refractivity (Wildman–Crippen MR) is 90.3 cm³/mol. The van der Waals surface area contributed by atoms with E-state index in [-0.39, 0.29) is 23.5 Å². The highest BCUT2D eigenvalue weighted by Crippen LogP contribution is 2.10. The fraction of sp³-hybridized carbons (Fsp3) is 0.500. The SMILES string of the molecule is O=C(O)CCCCCCCCCNC(=O)c1ccccc1C(=O)O. The van der Waals surface area contributed by atoms with Gasteiger partial charge in [0.25, 0.3) is 5.91 Å². The summed E-state index contributed by atoms with van der Waals surface area (Å²) in [5.41, 5.74) is 0.194. The lowest BCUT2D eigenvalue weighted by molar-refractivity contribution is -0.137. The minimum absolute atomic E-state index is 0.0105. The molecule has 0 radical (unpaired) electrons. The van der Waals surface area contributed by atoms with Crippen molar-refractivity contribution in [2.24, 2.45) is 0 Å². The Labute approximate surface area is 141 Å². The number of hydrogen-bond acceptors (Lipinski definition) is 3. The fourth-order valence-corrected chi connectivity index (χ4v) is 2.45. The first-order valence-corrected chi connectivity index (χ1v) is 8.34. The molecule has 0 spiro atoms. The second kappa shape index (κ2) is 11.2. The largest absolute Gasteiger partial charge is 0.481 e. The van der Waals surface area contributed by atoms with Crippen LogP contribution < -0.4 is 5.32 Å². The molecule has 24 heavy (non-hydrogen) atoms. The van der Waals surface area contributed by atoms with Crippen molar-refractivity contribution in [1.29, 1.82) is 0 Å². The Bertz CT molecular complexity index is 556. The standard InChI is InChI=1S/C18H25NO5/c20-16(21)12-6-4-2-1-3-5-9-13-19-17(22)14-10-7-8-11-15(14)18(23)24/h7-8,10-11H,1-6,9,12-13H2,(H,19,22)(H,20,21)(H,23,24). The van der Waals surface area contributed by atoms with E-state index >= 15 is 0 Å². The van der Waals surface area contributed by atoms with Gasteiger partial charge in [0.05, 0.1) is 11.1 Å². The number of hydrogen-bond donors (Lipinski definition) is 3. The van der Waals surface area contributed by atoms with E-state index in [0.717, 1.165) is 44.9 Å². The predicted octanol–water partition coefficient (Wildman–Crippen LogP) is 3.32. The van der Waals surface area contributed by atoms with Crippen LogP contribution in [0.1, 0.15) is 72.1 Å². The summed E-state index contributed by atoms with van der Waals surface area (Å²) in [5.74, 6) is -2.21. The number of carbonyl (C=O) groups is 3. The third kappa shape index (κ3) is 7.76. The summed E-state index contributed by atoms with van der Waals surface area (Å²) in [7, 11) is 0. The summed E-state index contributed by atoms with van der Waals surface area (Å²) in [6, 6.07) is 6.17. The normalized spacial score (nSPS) is 10.3. The molecule has 1 aromatic carbocycles. The molecule has 0 heterocycles. The highest BCUT2D eigenvalue weighted by atomic mass is 16.4. The minimum Gasteiger partial charge on any atom is -0.481 e. The van der Waals surface area contributed by atoms with Gasteiger partial charge in [0.2, 0.25) is 0 Å². The summed E-state index contributed by atoms with van der Waals surface area (Å²) in [6.45, 7) is 0.520. The van der Waals surface area contributed by atoms with Gasteiger partial charge in [0.1, 0.15) is 0 Å². The van der Waals surface area contributed by atoms with Crippen LogP contribution >= 0.6 is 0 Å². The lowest BCUT2D eigenvalue weighted by Gasteiger charge is -2.07. The minimum atomic E-state index is -1.11. The number of carbonyl (C=O) groups excluding carboxylic acids is 1. The maximum absolute atomic E-state index is 12.0. The molecular weight excluding hydrogens is 310 g/mol. The van der Waals surface area contributed by atoms with Crippen LogP contribution in [0.5, 0.6) is 0 Å². The Morgan fingerprint density at radius 3 is 1.92 bits per heavy atom. The first kappa shape index (κ1) is 19.7. The molecular formula is C18H25NO5. The van der Waals surface area contributed by atoms with Crippen LogP contribution in [-0.4, -0.2) is 34.6 Å². The van der Waals surface area contributed by atoms with Crippen LogP contribution in [0, 0.1) is 0 Å². The van der Waals surface area contributed by atoms with Crippen molar-refractivity contribution in [3.8, 4) is 0 Å². The van der Waals surface area contributed by atoms with Crippen LogP contribution in [0.25, 0.3) is 0 Å². The first-order valence-electron chi connectivity index (χ1n) is 8.34. The molecule has 0 unspecified atom stereocenters. The van der Waals surface area contributed by atoms with Crippen molar-refractivity contribution < 1.29 is 24.6 Å². The summed E-state index contributed by atoms with van der Waals surface area (Å²) in [6.07, 6.45) is 6.89. The average Bonchev–Trinajstić information content (AvgIpc) is 2.56. The molecule has 0 saturated heterocycles. The number of unbranched alkanes of at least 4 members (excludes halogenated alkanes) is 6. The number of benzene rings is 1. The lowest BCUT2D eigenvalue weighted by Crippen LogP contribution is -2.26. The topological polar surface area (TPSA) is 104 Å². The molecule has 6 nitrogen and oxygen atoms in total. The molecule has 0 aromatic heterocycles. The van der Waals surface area contributed by atoms with Gasteiger partial charge in [-0.25, -0.2) is 4.79 Å². The molecule has 1 rings (SSSR count). The van der Waals surface area contributed by atoms with E-state index in [1.165, 1.54) is 12.1 Å². The number of rotatable bonds is 12. The number of aromatic carboxylic acids is 1. The van der Waals surface area contributed by atoms with Crippen LogP contribution in [0.3, 0.4) is 0 Å². The summed E-state index contributed by atoms with van der Waals surface area (Å²) in [5, 5.41) is 20.3. The van der Waals surface area contributed by atoms with Crippen molar-refractivity contribution in [3.05, 3.63) is 35.4 Å². The van der Waals surface area contributed by atoms with Crippen LogP contribution in [-0.2, 0) is 4.79 Å². The summed E-state index contributed by atoms with van der Waals surface area (Å²) < 4.78 is 0. The Morgan fingerprint density at radius 2 is 1.33 bits per heavy atom. The van der Waals surface area contributed by atoms with Gasteiger partial charge in [-0.3, -0.25) is 9.59 Å². The van der Waals surface area contributed by atoms with Gasteiger partial charge in [0.15, 0.2) is 0 Å². The quantitative estimate of drug-likeness (QED) is 0.508. The third-order valence-electron chi connectivity index (χ3n) is 3.76. The van der Waals surface area contributed by atoms with Gasteiger partial charge in [0, 0.05) is 13.0 Å². The van der Waals surface area contributed by atoms with E-state index < -0.39 is 11.9 Å². The number of carboxylic acid groups (broad SMARTS) is 2. The molecule has 0 aliphatic rings. The van der Waals surface area contributed by atoms with E-state index in [1.807, 2.05) is 0 Å². The molecule has 1 aromatic rings. The molecule has 6 heteroatoms. The molecule has 0 aliphatic heterocycles. The third-order valence-corrected chi connectivity index (χ3v) is 3.76.